The zero-order chi connectivity index (χ0) is 9.15. The van der Waals surface area contributed by atoms with Crippen molar-refractivity contribution in [3.05, 3.63) is 0 Å². The number of aldehydes is 1. The van der Waals surface area contributed by atoms with E-state index in [0.29, 0.717) is 0 Å². The fraction of sp³-hybridized carbons (Fsp3) is 0.900. The Labute approximate surface area is 83.4 Å². The SMILES string of the molecule is O=CC1(C2CCCCO2)CCCS1. The van der Waals surface area contributed by atoms with Crippen molar-refractivity contribution in [2.45, 2.75) is 43.0 Å². The summed E-state index contributed by atoms with van der Waals surface area (Å²) in [6.07, 6.45) is 6.99. The molecule has 13 heavy (non-hydrogen) atoms. The summed E-state index contributed by atoms with van der Waals surface area (Å²) in [4.78, 5) is 11.1. The molecule has 2 rings (SSSR count). The maximum atomic E-state index is 11.1. The third-order valence-electron chi connectivity index (χ3n) is 3.01. The molecule has 0 bridgehead atoms. The van der Waals surface area contributed by atoms with Gasteiger partial charge in [0, 0.05) is 6.61 Å². The highest BCUT2D eigenvalue weighted by Crippen LogP contribution is 2.42. The predicted octanol–water partition coefficient (Wildman–Crippen LogP) is 2.02. The minimum atomic E-state index is -0.180. The molecule has 3 heteroatoms. The molecule has 0 N–H and O–H groups in total. The monoisotopic (exact) mass is 200 g/mol. The molecule has 2 nitrogen and oxygen atoms in total. The molecular weight excluding hydrogens is 184 g/mol. The fourth-order valence-corrected chi connectivity index (χ4v) is 3.63. The molecule has 2 aliphatic rings. The molecule has 2 saturated heterocycles. The minimum absolute atomic E-state index is 0.180. The van der Waals surface area contributed by atoms with Crippen molar-refractivity contribution in [3.63, 3.8) is 0 Å². The molecule has 0 aromatic rings. The van der Waals surface area contributed by atoms with Gasteiger partial charge in [-0.15, -0.1) is 11.8 Å². The molecule has 0 aliphatic carbocycles. The number of hydrogen-bond donors (Lipinski definition) is 0. The second-order valence-corrected chi connectivity index (χ2v) is 5.34. The third kappa shape index (κ3) is 1.77. The van der Waals surface area contributed by atoms with E-state index in [1.807, 2.05) is 0 Å². The average molecular weight is 200 g/mol. The molecule has 0 aromatic carbocycles. The average Bonchev–Trinajstić information content (AvgIpc) is 2.69. The first-order valence-electron chi connectivity index (χ1n) is 5.09. The lowest BCUT2D eigenvalue weighted by atomic mass is 9.92. The lowest BCUT2D eigenvalue weighted by Gasteiger charge is -2.34. The van der Waals surface area contributed by atoms with Crippen molar-refractivity contribution >= 4 is 18.0 Å². The fourth-order valence-electron chi connectivity index (χ4n) is 2.23. The molecule has 2 atom stereocenters. The van der Waals surface area contributed by atoms with Gasteiger partial charge in [-0.25, -0.2) is 0 Å². The summed E-state index contributed by atoms with van der Waals surface area (Å²) in [5.41, 5.74) is 0. The van der Waals surface area contributed by atoms with E-state index in [9.17, 15) is 4.79 Å². The van der Waals surface area contributed by atoms with Crippen molar-refractivity contribution in [1.29, 1.82) is 0 Å². The lowest BCUT2D eigenvalue weighted by Crippen LogP contribution is -2.42. The van der Waals surface area contributed by atoms with Crippen LogP contribution in [0.2, 0.25) is 0 Å². The van der Waals surface area contributed by atoms with Gasteiger partial charge in [-0.05, 0) is 37.9 Å². The van der Waals surface area contributed by atoms with E-state index < -0.39 is 0 Å². The Morgan fingerprint density at radius 3 is 2.85 bits per heavy atom. The summed E-state index contributed by atoms with van der Waals surface area (Å²) in [6.45, 7) is 0.848. The van der Waals surface area contributed by atoms with Gasteiger partial charge in [0.1, 0.15) is 6.29 Å². The third-order valence-corrected chi connectivity index (χ3v) is 4.60. The molecule has 0 spiro atoms. The van der Waals surface area contributed by atoms with E-state index in [-0.39, 0.29) is 10.9 Å². The van der Waals surface area contributed by atoms with Crippen molar-refractivity contribution in [2.24, 2.45) is 0 Å². The number of rotatable bonds is 2. The van der Waals surface area contributed by atoms with Crippen molar-refractivity contribution in [3.8, 4) is 0 Å². The zero-order valence-electron chi connectivity index (χ0n) is 7.83. The summed E-state index contributed by atoms with van der Waals surface area (Å²) in [5, 5.41) is 0. The van der Waals surface area contributed by atoms with Crippen LogP contribution in [-0.4, -0.2) is 29.5 Å². The van der Waals surface area contributed by atoms with Crippen LogP contribution in [0.4, 0.5) is 0 Å². The van der Waals surface area contributed by atoms with Gasteiger partial charge in [0.05, 0.1) is 10.9 Å². The van der Waals surface area contributed by atoms with E-state index in [2.05, 4.69) is 0 Å². The summed E-state index contributed by atoms with van der Waals surface area (Å²) < 4.78 is 5.52. The summed E-state index contributed by atoms with van der Waals surface area (Å²) in [7, 11) is 0. The quantitative estimate of drug-likeness (QED) is 0.638. The van der Waals surface area contributed by atoms with Gasteiger partial charge in [-0.2, -0.15) is 0 Å². The largest absolute Gasteiger partial charge is 0.376 e. The Kier molecular flexibility index (Phi) is 2.94. The van der Waals surface area contributed by atoms with Gasteiger partial charge in [0.25, 0.3) is 0 Å². The molecule has 2 heterocycles. The smallest absolute Gasteiger partial charge is 0.138 e. The van der Waals surface area contributed by atoms with Crippen LogP contribution in [0.1, 0.15) is 32.1 Å². The second-order valence-electron chi connectivity index (χ2n) is 3.88. The highest BCUT2D eigenvalue weighted by molar-refractivity contribution is 8.01. The molecule has 2 unspecified atom stereocenters. The number of hydrogen-bond acceptors (Lipinski definition) is 3. The molecule has 2 fully saturated rings. The topological polar surface area (TPSA) is 26.3 Å². The van der Waals surface area contributed by atoms with Crippen LogP contribution in [0.15, 0.2) is 0 Å². The number of carbonyl (C=O) groups excluding carboxylic acids is 1. The Morgan fingerprint density at radius 2 is 2.31 bits per heavy atom. The number of ether oxygens (including phenoxy) is 1. The van der Waals surface area contributed by atoms with Gasteiger partial charge in [0.2, 0.25) is 0 Å². The molecule has 0 radical (unpaired) electrons. The predicted molar refractivity (Wildman–Crippen MR) is 54.1 cm³/mol. The molecule has 2 aliphatic heterocycles. The summed E-state index contributed by atoms with van der Waals surface area (Å²) in [6, 6.07) is 0. The maximum absolute atomic E-state index is 11.1. The van der Waals surface area contributed by atoms with Crippen LogP contribution < -0.4 is 0 Å². The van der Waals surface area contributed by atoms with Crippen molar-refractivity contribution in [2.75, 3.05) is 12.4 Å². The standard InChI is InChI=1S/C10H16O2S/c11-8-10(5-3-7-13-10)9-4-1-2-6-12-9/h8-9H,1-7H2. The van der Waals surface area contributed by atoms with Gasteiger partial charge in [-0.3, -0.25) is 0 Å². The van der Waals surface area contributed by atoms with Crippen LogP contribution in [0.3, 0.4) is 0 Å². The summed E-state index contributed by atoms with van der Waals surface area (Å²) in [5.74, 6) is 1.12. The van der Waals surface area contributed by atoms with Gasteiger partial charge in [-0.1, -0.05) is 0 Å². The van der Waals surface area contributed by atoms with Crippen LogP contribution in [0.5, 0.6) is 0 Å². The molecule has 0 amide bonds. The van der Waals surface area contributed by atoms with E-state index >= 15 is 0 Å². The number of thioether (sulfide) groups is 1. The zero-order valence-corrected chi connectivity index (χ0v) is 8.65. The van der Waals surface area contributed by atoms with E-state index in [1.165, 1.54) is 12.8 Å². The minimum Gasteiger partial charge on any atom is -0.376 e. The Hall–Kier alpha value is -0.0200. The van der Waals surface area contributed by atoms with Crippen LogP contribution in [0.25, 0.3) is 0 Å². The van der Waals surface area contributed by atoms with E-state index in [0.717, 1.165) is 37.9 Å². The van der Waals surface area contributed by atoms with Crippen LogP contribution >= 0.6 is 11.8 Å². The van der Waals surface area contributed by atoms with Gasteiger partial charge < -0.3 is 9.53 Å². The highest BCUT2D eigenvalue weighted by Gasteiger charge is 2.43. The molecule has 74 valence electrons. The Balaban J connectivity index is 2.05. The first-order chi connectivity index (χ1) is 6.37. The van der Waals surface area contributed by atoms with E-state index in [4.69, 9.17) is 4.74 Å². The van der Waals surface area contributed by atoms with Gasteiger partial charge >= 0.3 is 0 Å². The normalized spacial score (nSPS) is 40.5. The molecular formula is C10H16O2S. The number of carbonyl (C=O) groups is 1. The first kappa shape index (κ1) is 9.53. The molecule has 0 aromatic heterocycles. The lowest BCUT2D eigenvalue weighted by molar-refractivity contribution is -0.115. The van der Waals surface area contributed by atoms with Crippen molar-refractivity contribution < 1.29 is 9.53 Å². The van der Waals surface area contributed by atoms with Crippen LogP contribution in [-0.2, 0) is 9.53 Å². The van der Waals surface area contributed by atoms with Crippen molar-refractivity contribution in [1.82, 2.24) is 0 Å². The first-order valence-corrected chi connectivity index (χ1v) is 6.08. The molecule has 0 saturated carbocycles. The van der Waals surface area contributed by atoms with Gasteiger partial charge in [0.15, 0.2) is 0 Å². The Bertz CT molecular complexity index is 181. The maximum Gasteiger partial charge on any atom is 0.138 e. The summed E-state index contributed by atoms with van der Waals surface area (Å²) >= 11 is 1.80. The van der Waals surface area contributed by atoms with Crippen LogP contribution in [0, 0.1) is 0 Å². The second kappa shape index (κ2) is 4.01. The Morgan fingerprint density at radius 1 is 1.38 bits per heavy atom. The highest BCUT2D eigenvalue weighted by atomic mass is 32.2. The van der Waals surface area contributed by atoms with E-state index in [1.54, 1.807) is 11.8 Å².